The van der Waals surface area contributed by atoms with Gasteiger partial charge in [-0.3, -0.25) is 9.59 Å². The third-order valence-electron chi connectivity index (χ3n) is 4.35. The van der Waals surface area contributed by atoms with Gasteiger partial charge in [0.1, 0.15) is 0 Å². The Kier molecular flexibility index (Phi) is 4.48. The van der Waals surface area contributed by atoms with Crippen molar-refractivity contribution < 1.29 is 14.7 Å². The summed E-state index contributed by atoms with van der Waals surface area (Å²) in [6.07, 6.45) is 3.25. The van der Waals surface area contributed by atoms with Gasteiger partial charge in [0.25, 0.3) is 0 Å². The zero-order chi connectivity index (χ0) is 14.8. The molecule has 1 aromatic rings. The zero-order valence-electron chi connectivity index (χ0n) is 11.9. The minimum Gasteiger partial charge on any atom is -0.481 e. The van der Waals surface area contributed by atoms with Crippen molar-refractivity contribution in [2.24, 2.45) is 5.92 Å². The van der Waals surface area contributed by atoms with Crippen LogP contribution in [0.5, 0.6) is 0 Å². The average molecular weight is 295 g/mol. The molecule has 1 aliphatic rings. The number of carboxylic acid groups (broad SMARTS) is 1. The van der Waals surface area contributed by atoms with E-state index in [2.05, 4.69) is 5.32 Å². The summed E-state index contributed by atoms with van der Waals surface area (Å²) in [4.78, 5) is 23.8. The van der Waals surface area contributed by atoms with Crippen molar-refractivity contribution in [2.75, 3.05) is 0 Å². The normalized spacial score (nSPS) is 27.8. The second-order valence-electron chi connectivity index (χ2n) is 5.82. The predicted molar refractivity (Wildman–Crippen MR) is 78.9 cm³/mol. The Morgan fingerprint density at radius 1 is 1.50 bits per heavy atom. The molecule has 0 radical (unpaired) electrons. The van der Waals surface area contributed by atoms with Crippen LogP contribution < -0.4 is 5.32 Å². The number of amides is 1. The van der Waals surface area contributed by atoms with E-state index in [1.54, 1.807) is 11.3 Å². The molecule has 20 heavy (non-hydrogen) atoms. The maximum absolute atomic E-state index is 12.4. The van der Waals surface area contributed by atoms with Crippen molar-refractivity contribution in [3.8, 4) is 0 Å². The molecule has 3 atom stereocenters. The van der Waals surface area contributed by atoms with Crippen molar-refractivity contribution >= 4 is 23.2 Å². The highest BCUT2D eigenvalue weighted by atomic mass is 32.1. The number of hydrogen-bond donors (Lipinski definition) is 2. The molecule has 1 heterocycles. The third-order valence-corrected chi connectivity index (χ3v) is 5.05. The molecule has 2 rings (SSSR count). The van der Waals surface area contributed by atoms with E-state index >= 15 is 0 Å². The first-order valence-electron chi connectivity index (χ1n) is 7.01. The number of nitrogens with one attached hydrogen (secondary N) is 1. The summed E-state index contributed by atoms with van der Waals surface area (Å²) in [5.74, 6) is -1.63. The molecule has 0 spiro atoms. The molecule has 110 valence electrons. The van der Waals surface area contributed by atoms with E-state index in [0.717, 1.165) is 24.8 Å². The van der Waals surface area contributed by atoms with Crippen molar-refractivity contribution in [1.29, 1.82) is 0 Å². The first-order chi connectivity index (χ1) is 9.44. The molecular weight excluding hydrogens is 274 g/mol. The molecule has 1 aromatic heterocycles. The summed E-state index contributed by atoms with van der Waals surface area (Å²) < 4.78 is 0. The molecule has 1 amide bonds. The van der Waals surface area contributed by atoms with Crippen molar-refractivity contribution in [3.05, 3.63) is 22.4 Å². The maximum Gasteiger partial charge on any atom is 0.308 e. The Balaban J connectivity index is 2.10. The molecule has 0 aliphatic heterocycles. The number of carbonyl (C=O) groups excluding carboxylic acids is 1. The number of aliphatic carboxylic acids is 1. The number of carboxylic acids is 1. The summed E-state index contributed by atoms with van der Waals surface area (Å²) in [5.41, 5.74) is 0.352. The SMILES string of the molecule is CC(C(=O)NC1(C)CCCCC1C(=O)O)c1ccsc1. The minimum atomic E-state index is -0.810. The quantitative estimate of drug-likeness (QED) is 0.897. The molecule has 4 nitrogen and oxygen atoms in total. The highest BCUT2D eigenvalue weighted by molar-refractivity contribution is 7.08. The summed E-state index contributed by atoms with van der Waals surface area (Å²) >= 11 is 1.56. The monoisotopic (exact) mass is 295 g/mol. The van der Waals surface area contributed by atoms with E-state index in [-0.39, 0.29) is 11.8 Å². The van der Waals surface area contributed by atoms with Crippen LogP contribution in [0.3, 0.4) is 0 Å². The van der Waals surface area contributed by atoms with Crippen LogP contribution in [0.1, 0.15) is 51.0 Å². The van der Waals surface area contributed by atoms with Gasteiger partial charge in [0.15, 0.2) is 0 Å². The van der Waals surface area contributed by atoms with Gasteiger partial charge in [-0.25, -0.2) is 0 Å². The van der Waals surface area contributed by atoms with Gasteiger partial charge in [-0.05, 0) is 49.1 Å². The fourth-order valence-electron chi connectivity index (χ4n) is 2.94. The van der Waals surface area contributed by atoms with E-state index in [9.17, 15) is 14.7 Å². The Morgan fingerprint density at radius 3 is 2.85 bits per heavy atom. The lowest BCUT2D eigenvalue weighted by Gasteiger charge is -2.40. The van der Waals surface area contributed by atoms with E-state index in [0.29, 0.717) is 6.42 Å². The Labute approximate surface area is 123 Å². The standard InChI is InChI=1S/C15H21NO3S/c1-10(11-6-8-20-9-11)13(17)16-15(2)7-4-3-5-12(15)14(18)19/h6,8-10,12H,3-5,7H2,1-2H3,(H,16,17)(H,18,19). The number of rotatable bonds is 4. The molecule has 2 N–H and O–H groups in total. The van der Waals surface area contributed by atoms with Crippen LogP contribution in [0.15, 0.2) is 16.8 Å². The van der Waals surface area contributed by atoms with E-state index in [1.807, 2.05) is 30.7 Å². The summed E-state index contributed by atoms with van der Waals surface area (Å²) in [7, 11) is 0. The lowest BCUT2D eigenvalue weighted by molar-refractivity contribution is -0.146. The van der Waals surface area contributed by atoms with Crippen LogP contribution in [0.2, 0.25) is 0 Å². The highest BCUT2D eigenvalue weighted by Gasteiger charge is 2.42. The van der Waals surface area contributed by atoms with Crippen LogP contribution in [-0.4, -0.2) is 22.5 Å². The highest BCUT2D eigenvalue weighted by Crippen LogP contribution is 2.34. The molecule has 1 aliphatic carbocycles. The first-order valence-corrected chi connectivity index (χ1v) is 7.95. The topological polar surface area (TPSA) is 66.4 Å². The molecule has 0 saturated heterocycles. The lowest BCUT2D eigenvalue weighted by Crippen LogP contribution is -2.56. The fourth-order valence-corrected chi connectivity index (χ4v) is 3.70. The van der Waals surface area contributed by atoms with Crippen molar-refractivity contribution in [1.82, 2.24) is 5.32 Å². The molecule has 0 bridgehead atoms. The van der Waals surface area contributed by atoms with Gasteiger partial charge in [0.2, 0.25) is 5.91 Å². The summed E-state index contributed by atoms with van der Waals surface area (Å²) in [5, 5.41) is 16.3. The van der Waals surface area contributed by atoms with E-state index < -0.39 is 17.4 Å². The molecule has 3 unspecified atom stereocenters. The fraction of sp³-hybridized carbons (Fsp3) is 0.600. The summed E-state index contributed by atoms with van der Waals surface area (Å²) in [6.45, 7) is 3.72. The Morgan fingerprint density at radius 2 is 2.25 bits per heavy atom. The lowest BCUT2D eigenvalue weighted by atomic mass is 9.73. The van der Waals surface area contributed by atoms with Crippen LogP contribution in [-0.2, 0) is 9.59 Å². The van der Waals surface area contributed by atoms with E-state index in [1.165, 1.54) is 0 Å². The second kappa shape index (κ2) is 5.95. The van der Waals surface area contributed by atoms with Crippen LogP contribution in [0.4, 0.5) is 0 Å². The average Bonchev–Trinajstić information content (AvgIpc) is 2.91. The van der Waals surface area contributed by atoms with Gasteiger partial charge in [0.05, 0.1) is 17.4 Å². The molecule has 0 aromatic carbocycles. The van der Waals surface area contributed by atoms with Crippen molar-refractivity contribution in [3.63, 3.8) is 0 Å². The largest absolute Gasteiger partial charge is 0.481 e. The molecule has 5 heteroatoms. The van der Waals surface area contributed by atoms with Gasteiger partial charge < -0.3 is 10.4 Å². The second-order valence-corrected chi connectivity index (χ2v) is 6.60. The Hall–Kier alpha value is -1.36. The van der Waals surface area contributed by atoms with Gasteiger partial charge in [-0.15, -0.1) is 0 Å². The Bertz CT molecular complexity index is 485. The van der Waals surface area contributed by atoms with Gasteiger partial charge in [-0.1, -0.05) is 12.8 Å². The minimum absolute atomic E-state index is 0.0842. The smallest absolute Gasteiger partial charge is 0.308 e. The van der Waals surface area contributed by atoms with Crippen LogP contribution in [0, 0.1) is 5.92 Å². The number of hydrogen-bond acceptors (Lipinski definition) is 3. The van der Waals surface area contributed by atoms with Gasteiger partial charge in [-0.2, -0.15) is 11.3 Å². The molecule has 1 saturated carbocycles. The van der Waals surface area contributed by atoms with Crippen molar-refractivity contribution in [2.45, 2.75) is 51.0 Å². The number of thiophene rings is 1. The maximum atomic E-state index is 12.4. The summed E-state index contributed by atoms with van der Waals surface area (Å²) in [6, 6.07) is 1.94. The predicted octanol–water partition coefficient (Wildman–Crippen LogP) is 3.00. The number of carbonyl (C=O) groups is 2. The third kappa shape index (κ3) is 3.03. The van der Waals surface area contributed by atoms with Crippen LogP contribution >= 0.6 is 11.3 Å². The molecular formula is C15H21NO3S. The molecule has 1 fully saturated rings. The van der Waals surface area contributed by atoms with Crippen LogP contribution in [0.25, 0.3) is 0 Å². The van der Waals surface area contributed by atoms with Gasteiger partial charge in [0, 0.05) is 0 Å². The van der Waals surface area contributed by atoms with E-state index in [4.69, 9.17) is 0 Å². The van der Waals surface area contributed by atoms with Gasteiger partial charge >= 0.3 is 5.97 Å². The zero-order valence-corrected chi connectivity index (χ0v) is 12.7. The first kappa shape index (κ1) is 15.0.